The molecule has 0 unspecified atom stereocenters. The third-order valence-electron chi connectivity index (χ3n) is 2.26. The van der Waals surface area contributed by atoms with Crippen molar-refractivity contribution in [2.75, 3.05) is 5.32 Å². The molecule has 0 radical (unpaired) electrons. The standard InChI is InChI=1S/C12H11NO5/c14-8-1-6(2-9(15)5-8)13-7-3-10(16)12(18)11(17)4-7/h1-5,13-18H. The van der Waals surface area contributed by atoms with Crippen molar-refractivity contribution in [3.63, 3.8) is 0 Å². The Morgan fingerprint density at radius 1 is 0.611 bits per heavy atom. The maximum atomic E-state index is 9.32. The Kier molecular flexibility index (Phi) is 2.77. The Balaban J connectivity index is 2.34. The highest BCUT2D eigenvalue weighted by molar-refractivity contribution is 5.68. The predicted octanol–water partition coefficient (Wildman–Crippen LogP) is 1.96. The Hall–Kier alpha value is -2.76. The molecule has 0 bridgehead atoms. The van der Waals surface area contributed by atoms with Crippen LogP contribution in [0.5, 0.6) is 28.7 Å². The highest BCUT2D eigenvalue weighted by Gasteiger charge is 2.08. The molecule has 0 spiro atoms. The number of hydrogen-bond donors (Lipinski definition) is 6. The van der Waals surface area contributed by atoms with Crippen LogP contribution in [0.4, 0.5) is 11.4 Å². The summed E-state index contributed by atoms with van der Waals surface area (Å²) in [5.74, 6) is -1.85. The van der Waals surface area contributed by atoms with E-state index in [1.807, 2.05) is 0 Å². The zero-order valence-corrected chi connectivity index (χ0v) is 9.12. The topological polar surface area (TPSA) is 113 Å². The van der Waals surface area contributed by atoms with Crippen molar-refractivity contribution in [3.05, 3.63) is 30.3 Å². The van der Waals surface area contributed by atoms with Crippen molar-refractivity contribution < 1.29 is 25.5 Å². The molecule has 6 heteroatoms. The first-order valence-corrected chi connectivity index (χ1v) is 5.00. The molecular formula is C12H11NO5. The summed E-state index contributed by atoms with van der Waals surface area (Å²) in [5.41, 5.74) is 0.643. The first-order valence-electron chi connectivity index (χ1n) is 5.00. The number of nitrogens with one attached hydrogen (secondary N) is 1. The molecule has 0 aliphatic carbocycles. The Morgan fingerprint density at radius 3 is 1.56 bits per heavy atom. The fourth-order valence-corrected chi connectivity index (χ4v) is 1.51. The minimum absolute atomic E-state index is 0.135. The van der Waals surface area contributed by atoms with Crippen LogP contribution in [0.25, 0.3) is 0 Å². The van der Waals surface area contributed by atoms with Gasteiger partial charge in [0.25, 0.3) is 0 Å². The molecule has 6 N–H and O–H groups in total. The van der Waals surface area contributed by atoms with Crippen LogP contribution in [0.3, 0.4) is 0 Å². The van der Waals surface area contributed by atoms with Gasteiger partial charge in [-0.1, -0.05) is 0 Å². The van der Waals surface area contributed by atoms with Crippen LogP contribution in [0, 0.1) is 0 Å². The summed E-state index contributed by atoms with van der Waals surface area (Å²) in [6.45, 7) is 0. The van der Waals surface area contributed by atoms with Crippen LogP contribution in [0.2, 0.25) is 0 Å². The smallest absolute Gasteiger partial charge is 0.200 e. The van der Waals surface area contributed by atoms with E-state index in [4.69, 9.17) is 0 Å². The van der Waals surface area contributed by atoms with E-state index in [-0.39, 0.29) is 17.2 Å². The molecular weight excluding hydrogens is 238 g/mol. The average molecular weight is 249 g/mol. The van der Waals surface area contributed by atoms with Crippen molar-refractivity contribution >= 4 is 11.4 Å². The molecule has 0 fully saturated rings. The Bertz CT molecular complexity index is 554. The van der Waals surface area contributed by atoms with Gasteiger partial charge in [-0.05, 0) is 0 Å². The molecule has 0 aromatic heterocycles. The second-order valence-electron chi connectivity index (χ2n) is 3.73. The fourth-order valence-electron chi connectivity index (χ4n) is 1.51. The lowest BCUT2D eigenvalue weighted by Crippen LogP contribution is -1.90. The number of aromatic hydroxyl groups is 5. The van der Waals surface area contributed by atoms with Gasteiger partial charge in [-0.2, -0.15) is 0 Å². The number of phenolic OH excluding ortho intramolecular Hbond substituents is 5. The molecule has 0 atom stereocenters. The van der Waals surface area contributed by atoms with E-state index < -0.39 is 17.2 Å². The van der Waals surface area contributed by atoms with Crippen LogP contribution < -0.4 is 5.32 Å². The van der Waals surface area contributed by atoms with Crippen molar-refractivity contribution in [1.82, 2.24) is 0 Å². The summed E-state index contributed by atoms with van der Waals surface area (Å²) < 4.78 is 0. The number of hydrogen-bond acceptors (Lipinski definition) is 6. The molecule has 0 aliphatic heterocycles. The molecule has 0 saturated carbocycles. The van der Waals surface area contributed by atoms with Gasteiger partial charge in [0.1, 0.15) is 11.5 Å². The van der Waals surface area contributed by atoms with Gasteiger partial charge in [0, 0.05) is 41.7 Å². The Morgan fingerprint density at radius 2 is 1.06 bits per heavy atom. The molecule has 2 aromatic rings. The van der Waals surface area contributed by atoms with Gasteiger partial charge >= 0.3 is 0 Å². The molecule has 2 aromatic carbocycles. The summed E-state index contributed by atoms with van der Waals surface area (Å²) in [6.07, 6.45) is 0. The van der Waals surface area contributed by atoms with Crippen LogP contribution in [0.1, 0.15) is 0 Å². The minimum atomic E-state index is -0.612. The first kappa shape index (κ1) is 11.7. The molecule has 94 valence electrons. The van der Waals surface area contributed by atoms with Crippen molar-refractivity contribution in [1.29, 1.82) is 0 Å². The van der Waals surface area contributed by atoms with Gasteiger partial charge in [0.15, 0.2) is 17.2 Å². The zero-order chi connectivity index (χ0) is 13.3. The molecule has 0 aliphatic rings. The number of benzene rings is 2. The molecule has 0 amide bonds. The lowest BCUT2D eigenvalue weighted by atomic mass is 10.2. The fraction of sp³-hybridized carbons (Fsp3) is 0. The van der Waals surface area contributed by atoms with E-state index >= 15 is 0 Å². The third-order valence-corrected chi connectivity index (χ3v) is 2.26. The quantitative estimate of drug-likeness (QED) is 0.358. The molecule has 0 heterocycles. The van der Waals surface area contributed by atoms with Gasteiger partial charge in [0.05, 0.1) is 0 Å². The summed E-state index contributed by atoms with van der Waals surface area (Å²) in [7, 11) is 0. The maximum absolute atomic E-state index is 9.32. The number of rotatable bonds is 2. The average Bonchev–Trinajstić information content (AvgIpc) is 2.24. The molecule has 18 heavy (non-hydrogen) atoms. The van der Waals surface area contributed by atoms with Gasteiger partial charge in [-0.15, -0.1) is 0 Å². The lowest BCUT2D eigenvalue weighted by Gasteiger charge is -2.09. The number of phenols is 5. The lowest BCUT2D eigenvalue weighted by molar-refractivity contribution is 0.368. The van der Waals surface area contributed by atoms with Crippen LogP contribution in [-0.2, 0) is 0 Å². The summed E-state index contributed by atoms with van der Waals surface area (Å²) in [6, 6.07) is 6.24. The SMILES string of the molecule is Oc1cc(O)cc(Nc2cc(O)c(O)c(O)c2)c1. The first-order chi connectivity index (χ1) is 8.45. The van der Waals surface area contributed by atoms with E-state index in [1.54, 1.807) is 0 Å². The minimum Gasteiger partial charge on any atom is -0.508 e. The second-order valence-corrected chi connectivity index (χ2v) is 3.73. The Labute approximate surface area is 102 Å². The highest BCUT2D eigenvalue weighted by atomic mass is 16.3. The third kappa shape index (κ3) is 2.32. The van der Waals surface area contributed by atoms with E-state index in [1.165, 1.54) is 24.3 Å². The van der Waals surface area contributed by atoms with Crippen LogP contribution >= 0.6 is 0 Å². The van der Waals surface area contributed by atoms with Crippen molar-refractivity contribution in [2.45, 2.75) is 0 Å². The molecule has 0 saturated heterocycles. The van der Waals surface area contributed by atoms with Crippen LogP contribution in [-0.4, -0.2) is 25.5 Å². The summed E-state index contributed by atoms with van der Waals surface area (Å²) in [4.78, 5) is 0. The van der Waals surface area contributed by atoms with Crippen molar-refractivity contribution in [2.24, 2.45) is 0 Å². The van der Waals surface area contributed by atoms with E-state index in [0.29, 0.717) is 5.69 Å². The van der Waals surface area contributed by atoms with Gasteiger partial charge in [0.2, 0.25) is 0 Å². The highest BCUT2D eigenvalue weighted by Crippen LogP contribution is 2.38. The summed E-state index contributed by atoms with van der Waals surface area (Å²) in [5, 5.41) is 49.1. The van der Waals surface area contributed by atoms with Gasteiger partial charge in [-0.3, -0.25) is 0 Å². The van der Waals surface area contributed by atoms with Crippen LogP contribution in [0.15, 0.2) is 30.3 Å². The van der Waals surface area contributed by atoms with Crippen molar-refractivity contribution in [3.8, 4) is 28.7 Å². The summed E-state index contributed by atoms with van der Waals surface area (Å²) >= 11 is 0. The monoisotopic (exact) mass is 249 g/mol. The maximum Gasteiger partial charge on any atom is 0.200 e. The van der Waals surface area contributed by atoms with E-state index in [9.17, 15) is 25.5 Å². The molecule has 2 rings (SSSR count). The van der Waals surface area contributed by atoms with Gasteiger partial charge < -0.3 is 30.8 Å². The predicted molar refractivity (Wildman–Crippen MR) is 64.5 cm³/mol. The normalized spacial score (nSPS) is 10.2. The van der Waals surface area contributed by atoms with Gasteiger partial charge in [-0.25, -0.2) is 0 Å². The van der Waals surface area contributed by atoms with E-state index in [0.717, 1.165) is 6.07 Å². The zero-order valence-electron chi connectivity index (χ0n) is 9.12. The van der Waals surface area contributed by atoms with E-state index in [2.05, 4.69) is 5.32 Å². The largest absolute Gasteiger partial charge is 0.508 e. The molecule has 6 nitrogen and oxygen atoms in total. The second kappa shape index (κ2) is 4.25. The number of anilines is 2.